The fraction of sp³-hybridized carbons (Fsp3) is 0.419. The van der Waals surface area contributed by atoms with E-state index in [0.717, 1.165) is 9.80 Å². The summed E-state index contributed by atoms with van der Waals surface area (Å²) in [6, 6.07) is 17.7. The second-order valence-corrected chi connectivity index (χ2v) is 11.0. The maximum absolute atomic E-state index is 13.7. The van der Waals surface area contributed by atoms with Crippen LogP contribution in [0.15, 0.2) is 60.7 Å². The number of hydrogen-bond donors (Lipinski definition) is 6. The van der Waals surface area contributed by atoms with Gasteiger partial charge in [0.05, 0.1) is 26.2 Å². The van der Waals surface area contributed by atoms with Gasteiger partial charge in [0.25, 0.3) is 0 Å². The van der Waals surface area contributed by atoms with Gasteiger partial charge in [-0.1, -0.05) is 60.7 Å². The average molecular weight is 645 g/mol. The highest BCUT2D eigenvalue weighted by molar-refractivity contribution is 5.82. The second kappa shape index (κ2) is 18.2. The van der Waals surface area contributed by atoms with Crippen molar-refractivity contribution in [2.75, 3.05) is 39.3 Å². The predicted molar refractivity (Wildman–Crippen MR) is 162 cm³/mol. The Kier molecular flexibility index (Phi) is 14.8. The van der Waals surface area contributed by atoms with E-state index in [1.807, 2.05) is 0 Å². The van der Waals surface area contributed by atoms with Gasteiger partial charge >= 0.3 is 29.8 Å². The number of carbonyl (C=O) groups excluding carboxylic acids is 1. The van der Waals surface area contributed by atoms with Crippen molar-refractivity contribution in [3.05, 3.63) is 71.8 Å². The second-order valence-electron chi connectivity index (χ2n) is 11.0. The lowest BCUT2D eigenvalue weighted by atomic mass is 9.74. The Balaban J connectivity index is 2.76. The van der Waals surface area contributed by atoms with E-state index in [2.05, 4.69) is 0 Å². The number of nitrogens with zero attached hydrogens (tertiary/aromatic N) is 3. The number of nitrogens with two attached hydrogens (primary N) is 1. The predicted octanol–water partition coefficient (Wildman–Crippen LogP) is 0.726. The fourth-order valence-corrected chi connectivity index (χ4v) is 5.60. The number of primary amides is 1. The zero-order chi connectivity index (χ0) is 34.3. The van der Waals surface area contributed by atoms with Gasteiger partial charge < -0.3 is 31.3 Å². The summed E-state index contributed by atoms with van der Waals surface area (Å²) in [4.78, 5) is 76.0. The van der Waals surface area contributed by atoms with Crippen molar-refractivity contribution in [3.8, 4) is 0 Å². The Morgan fingerprint density at radius 3 is 1.37 bits per heavy atom. The van der Waals surface area contributed by atoms with E-state index in [0.29, 0.717) is 11.1 Å². The molecular formula is C31H40N4O11. The van der Waals surface area contributed by atoms with E-state index in [-0.39, 0.29) is 39.0 Å². The number of carboxylic acid groups (broad SMARTS) is 5. The molecule has 2 aromatic rings. The van der Waals surface area contributed by atoms with Gasteiger partial charge in [-0.25, -0.2) is 0 Å². The molecule has 0 saturated heterocycles. The molecule has 0 aromatic heterocycles. The maximum Gasteiger partial charge on any atom is 0.324 e. The van der Waals surface area contributed by atoms with Crippen molar-refractivity contribution in [2.45, 2.75) is 37.9 Å². The van der Waals surface area contributed by atoms with Crippen LogP contribution < -0.4 is 5.73 Å². The molecule has 15 nitrogen and oxygen atoms in total. The summed E-state index contributed by atoms with van der Waals surface area (Å²) < 4.78 is 0. The molecule has 0 aliphatic heterocycles. The van der Waals surface area contributed by atoms with Crippen molar-refractivity contribution < 1.29 is 54.3 Å². The van der Waals surface area contributed by atoms with Gasteiger partial charge in [0.2, 0.25) is 5.91 Å². The molecule has 0 heterocycles. The minimum atomic E-state index is -2.01. The summed E-state index contributed by atoms with van der Waals surface area (Å²) in [5.74, 6) is -8.73. The van der Waals surface area contributed by atoms with Crippen molar-refractivity contribution in [2.24, 2.45) is 11.7 Å². The lowest BCUT2D eigenvalue weighted by molar-refractivity contribution is -0.161. The summed E-state index contributed by atoms with van der Waals surface area (Å²) >= 11 is 0. The topological polar surface area (TPSA) is 239 Å². The number of aliphatic carboxylic acids is 5. The van der Waals surface area contributed by atoms with Crippen molar-refractivity contribution in [3.63, 3.8) is 0 Å². The van der Waals surface area contributed by atoms with E-state index in [1.165, 1.54) is 0 Å². The third-order valence-electron chi connectivity index (χ3n) is 7.53. The number of amides is 1. The van der Waals surface area contributed by atoms with E-state index >= 15 is 0 Å². The number of carboxylic acids is 5. The molecule has 0 bridgehead atoms. The molecule has 2 atom stereocenters. The molecule has 0 saturated carbocycles. The lowest BCUT2D eigenvalue weighted by Gasteiger charge is -2.47. The van der Waals surface area contributed by atoms with E-state index < -0.39 is 79.8 Å². The molecule has 46 heavy (non-hydrogen) atoms. The van der Waals surface area contributed by atoms with Gasteiger partial charge in [0, 0.05) is 26.1 Å². The minimum absolute atomic E-state index is 0.0309. The first-order valence-electron chi connectivity index (χ1n) is 14.4. The average Bonchev–Trinajstić information content (AvgIpc) is 2.95. The van der Waals surface area contributed by atoms with Crippen LogP contribution in [-0.4, -0.2) is 121 Å². The molecule has 1 unspecified atom stereocenters. The molecule has 0 fully saturated rings. The molecule has 0 aliphatic rings. The van der Waals surface area contributed by atoms with Gasteiger partial charge in [-0.15, -0.1) is 0 Å². The molecule has 2 aromatic carbocycles. The van der Waals surface area contributed by atoms with E-state index in [1.54, 1.807) is 65.6 Å². The molecule has 7 N–H and O–H groups in total. The highest BCUT2D eigenvalue weighted by atomic mass is 16.4. The van der Waals surface area contributed by atoms with Crippen LogP contribution in [0.2, 0.25) is 0 Å². The van der Waals surface area contributed by atoms with Gasteiger partial charge in [-0.05, 0) is 36.4 Å². The van der Waals surface area contributed by atoms with Gasteiger partial charge in [0.15, 0.2) is 0 Å². The summed E-state index contributed by atoms with van der Waals surface area (Å²) in [5.41, 5.74) is 5.03. The largest absolute Gasteiger partial charge is 0.480 e. The molecular weight excluding hydrogens is 604 g/mol. The first-order valence-corrected chi connectivity index (χ1v) is 14.4. The van der Waals surface area contributed by atoms with Gasteiger partial charge in [0.1, 0.15) is 5.54 Å². The van der Waals surface area contributed by atoms with Crippen LogP contribution in [-0.2, 0) is 41.9 Å². The Bertz CT molecular complexity index is 1270. The Morgan fingerprint density at radius 2 is 1.02 bits per heavy atom. The maximum atomic E-state index is 13.7. The number of carbonyl (C=O) groups is 6. The Labute approximate surface area is 265 Å². The number of rotatable bonds is 23. The molecule has 0 radical (unpaired) electrons. The summed E-state index contributed by atoms with van der Waals surface area (Å²) in [6.07, 6.45) is -1.05. The lowest BCUT2D eigenvalue weighted by Crippen LogP contribution is -2.61. The van der Waals surface area contributed by atoms with Gasteiger partial charge in [-0.2, -0.15) is 0 Å². The summed E-state index contributed by atoms with van der Waals surface area (Å²) in [7, 11) is 0. The normalized spacial score (nSPS) is 13.3. The Morgan fingerprint density at radius 1 is 0.630 bits per heavy atom. The third kappa shape index (κ3) is 12.3. The monoisotopic (exact) mass is 644 g/mol. The third-order valence-corrected chi connectivity index (χ3v) is 7.53. The molecule has 15 heteroatoms. The molecule has 0 aliphatic carbocycles. The zero-order valence-corrected chi connectivity index (χ0v) is 25.2. The number of hydrogen-bond acceptors (Lipinski definition) is 9. The van der Waals surface area contributed by atoms with Crippen LogP contribution in [0.5, 0.6) is 0 Å². The smallest absolute Gasteiger partial charge is 0.324 e. The highest BCUT2D eigenvalue weighted by Gasteiger charge is 2.51. The minimum Gasteiger partial charge on any atom is -0.480 e. The van der Waals surface area contributed by atoms with Crippen molar-refractivity contribution in [1.82, 2.24) is 14.7 Å². The van der Waals surface area contributed by atoms with Crippen LogP contribution in [0.4, 0.5) is 0 Å². The van der Waals surface area contributed by atoms with Gasteiger partial charge in [-0.3, -0.25) is 43.5 Å². The quantitative estimate of drug-likeness (QED) is 0.0978. The first kappa shape index (κ1) is 37.3. The van der Waals surface area contributed by atoms with Crippen LogP contribution in [0.3, 0.4) is 0 Å². The van der Waals surface area contributed by atoms with Crippen LogP contribution in [0, 0.1) is 5.92 Å². The van der Waals surface area contributed by atoms with E-state index in [4.69, 9.17) is 5.73 Å². The summed E-state index contributed by atoms with van der Waals surface area (Å²) in [6.45, 7) is -3.24. The SMILES string of the molecule is NC(=O)CC(CCN(CC(=O)O)CC(=O)O)[C@@](CCN(CC(=O)O)CC(=O)O)(C(=O)O)N(Cc1ccccc1)Cc1ccccc1. The fourth-order valence-electron chi connectivity index (χ4n) is 5.60. The zero-order valence-electron chi connectivity index (χ0n) is 25.2. The van der Waals surface area contributed by atoms with Crippen LogP contribution in [0.1, 0.15) is 30.4 Å². The standard InChI is InChI=1S/C31H40N4O11/c32-25(36)15-24(11-13-33(18-26(37)38)19-27(39)40)31(30(45)46,12-14-34(20-28(41)42)21-29(43)44)35(16-22-7-3-1-4-8-22)17-23-9-5-2-6-10-23/h1-10,24H,11-21H2,(H2,32,36)(H,37,38)(H,39,40)(H,41,42)(H,43,44)(H,45,46)/t24?,31-/m0/s1. The van der Waals surface area contributed by atoms with Crippen LogP contribution in [0.25, 0.3) is 0 Å². The molecule has 0 spiro atoms. The van der Waals surface area contributed by atoms with Crippen molar-refractivity contribution >= 4 is 35.8 Å². The van der Waals surface area contributed by atoms with Crippen LogP contribution >= 0.6 is 0 Å². The molecule has 1 amide bonds. The Hall–Kier alpha value is -4.86. The first-order chi connectivity index (χ1) is 21.7. The summed E-state index contributed by atoms with van der Waals surface area (Å²) in [5, 5.41) is 48.7. The molecule has 2 rings (SSSR count). The highest BCUT2D eigenvalue weighted by Crippen LogP contribution is 2.37. The van der Waals surface area contributed by atoms with Crippen molar-refractivity contribution in [1.29, 1.82) is 0 Å². The molecule has 250 valence electrons. The van der Waals surface area contributed by atoms with E-state index in [9.17, 15) is 54.3 Å². The number of benzene rings is 2.